The molecular weight excluding hydrogens is 299 g/mol. The van der Waals surface area contributed by atoms with Crippen LogP contribution in [0.15, 0.2) is 97.1 Å². The second kappa shape index (κ2) is 5.79. The molecule has 0 spiro atoms. The van der Waals surface area contributed by atoms with E-state index in [2.05, 4.69) is 104 Å². The van der Waals surface area contributed by atoms with Crippen LogP contribution in [0.3, 0.4) is 0 Å². The summed E-state index contributed by atoms with van der Waals surface area (Å²) >= 11 is 0. The molecule has 0 aromatic heterocycles. The van der Waals surface area contributed by atoms with E-state index in [1.165, 1.54) is 43.2 Å². The second-order valence-electron chi connectivity index (χ2n) is 6.45. The zero-order valence-corrected chi connectivity index (χ0v) is 13.8. The molecule has 0 heterocycles. The summed E-state index contributed by atoms with van der Waals surface area (Å²) in [5.74, 6) is 0. The van der Waals surface area contributed by atoms with Gasteiger partial charge in [0.1, 0.15) is 0 Å². The maximum atomic E-state index is 2.32. The Morgan fingerprint density at radius 2 is 0.840 bits per heavy atom. The minimum absolute atomic E-state index is 1.23. The molecule has 0 aliphatic carbocycles. The van der Waals surface area contributed by atoms with Crippen molar-refractivity contribution >= 4 is 50.5 Å². The Morgan fingerprint density at radius 1 is 0.360 bits per heavy atom. The standard InChI is InChI=1S/C24H16B/c1-2-8-17(9-3-1)25-18-14-15-23-21-12-5-4-10-19(21)20-11-6-7-13-22(20)24(23)16-18/h1-16H. The molecule has 5 aromatic rings. The Balaban J connectivity index is 1.81. The van der Waals surface area contributed by atoms with E-state index in [9.17, 15) is 0 Å². The molecule has 25 heavy (non-hydrogen) atoms. The minimum Gasteiger partial charge on any atom is -0.0814 e. The van der Waals surface area contributed by atoms with E-state index in [1.54, 1.807) is 0 Å². The molecule has 0 aliphatic rings. The molecule has 0 atom stereocenters. The number of rotatable bonds is 2. The number of fused-ring (bicyclic) bond motifs is 6. The average Bonchev–Trinajstić information content (AvgIpc) is 2.69. The highest BCUT2D eigenvalue weighted by atomic mass is 14.1. The fraction of sp³-hybridized carbons (Fsp3) is 0. The quantitative estimate of drug-likeness (QED) is 0.324. The third-order valence-electron chi connectivity index (χ3n) is 4.90. The van der Waals surface area contributed by atoms with Gasteiger partial charge in [-0.05, 0) is 32.3 Å². The van der Waals surface area contributed by atoms with Crippen LogP contribution in [0.25, 0.3) is 32.3 Å². The van der Waals surface area contributed by atoms with Crippen molar-refractivity contribution in [3.63, 3.8) is 0 Å². The largest absolute Gasteiger partial charge is 0.191 e. The van der Waals surface area contributed by atoms with E-state index in [1.807, 2.05) is 0 Å². The molecule has 115 valence electrons. The van der Waals surface area contributed by atoms with Crippen molar-refractivity contribution in [2.75, 3.05) is 0 Å². The second-order valence-corrected chi connectivity index (χ2v) is 6.45. The van der Waals surface area contributed by atoms with E-state index in [-0.39, 0.29) is 0 Å². The Labute approximate surface area is 148 Å². The molecule has 0 saturated carbocycles. The molecule has 0 saturated heterocycles. The fourth-order valence-electron chi connectivity index (χ4n) is 3.76. The maximum absolute atomic E-state index is 2.32. The molecule has 5 rings (SSSR count). The molecule has 0 nitrogen and oxygen atoms in total. The van der Waals surface area contributed by atoms with Gasteiger partial charge in [-0.1, -0.05) is 108 Å². The first-order valence-electron chi connectivity index (χ1n) is 8.63. The Hall–Kier alpha value is -3.06. The summed E-state index contributed by atoms with van der Waals surface area (Å²) < 4.78 is 0. The third kappa shape index (κ3) is 2.40. The Morgan fingerprint density at radius 3 is 1.44 bits per heavy atom. The highest BCUT2D eigenvalue weighted by molar-refractivity contribution is 6.67. The molecule has 0 amide bonds. The van der Waals surface area contributed by atoms with E-state index in [0.717, 1.165) is 0 Å². The molecule has 0 N–H and O–H groups in total. The van der Waals surface area contributed by atoms with Crippen molar-refractivity contribution in [3.05, 3.63) is 97.1 Å². The molecular formula is C24H16B. The van der Waals surface area contributed by atoms with Crippen LogP contribution in [-0.4, -0.2) is 7.28 Å². The van der Waals surface area contributed by atoms with Gasteiger partial charge in [-0.2, -0.15) is 0 Å². The van der Waals surface area contributed by atoms with Crippen LogP contribution < -0.4 is 10.9 Å². The molecule has 0 bridgehead atoms. The van der Waals surface area contributed by atoms with Crippen molar-refractivity contribution in [1.29, 1.82) is 0 Å². The zero-order chi connectivity index (χ0) is 16.6. The van der Waals surface area contributed by atoms with Crippen LogP contribution in [0.2, 0.25) is 0 Å². The Bertz CT molecular complexity index is 1170. The van der Waals surface area contributed by atoms with Gasteiger partial charge in [-0.15, -0.1) is 0 Å². The summed E-state index contributed by atoms with van der Waals surface area (Å²) in [7, 11) is 2.24. The first kappa shape index (κ1) is 14.3. The van der Waals surface area contributed by atoms with Crippen LogP contribution in [0.4, 0.5) is 0 Å². The van der Waals surface area contributed by atoms with Crippen LogP contribution in [-0.2, 0) is 0 Å². The van der Waals surface area contributed by atoms with Crippen molar-refractivity contribution in [2.24, 2.45) is 0 Å². The number of hydrogen-bond acceptors (Lipinski definition) is 0. The normalized spacial score (nSPS) is 11.2. The van der Waals surface area contributed by atoms with E-state index < -0.39 is 0 Å². The van der Waals surface area contributed by atoms with E-state index in [0.29, 0.717) is 0 Å². The van der Waals surface area contributed by atoms with Crippen molar-refractivity contribution in [1.82, 2.24) is 0 Å². The molecule has 0 unspecified atom stereocenters. The van der Waals surface area contributed by atoms with Gasteiger partial charge in [0.15, 0.2) is 7.28 Å². The van der Waals surface area contributed by atoms with Crippen LogP contribution >= 0.6 is 0 Å². The van der Waals surface area contributed by atoms with Gasteiger partial charge in [0, 0.05) is 0 Å². The smallest absolute Gasteiger partial charge is 0.0814 e. The predicted octanol–water partition coefficient (Wildman–Crippen LogP) is 4.80. The number of hydrogen-bond donors (Lipinski definition) is 0. The van der Waals surface area contributed by atoms with Gasteiger partial charge < -0.3 is 0 Å². The molecule has 0 aliphatic heterocycles. The van der Waals surface area contributed by atoms with Gasteiger partial charge >= 0.3 is 0 Å². The Kier molecular flexibility index (Phi) is 3.31. The monoisotopic (exact) mass is 315 g/mol. The molecule has 5 aromatic carbocycles. The first-order valence-corrected chi connectivity index (χ1v) is 8.63. The molecule has 1 radical (unpaired) electrons. The summed E-state index contributed by atoms with van der Waals surface area (Å²) in [6, 6.07) is 34.7. The highest BCUT2D eigenvalue weighted by Crippen LogP contribution is 2.34. The lowest BCUT2D eigenvalue weighted by Gasteiger charge is -2.11. The summed E-state index contributed by atoms with van der Waals surface area (Å²) in [5.41, 5.74) is 2.46. The number of benzene rings is 5. The van der Waals surface area contributed by atoms with E-state index in [4.69, 9.17) is 0 Å². The van der Waals surface area contributed by atoms with Crippen molar-refractivity contribution < 1.29 is 0 Å². The summed E-state index contributed by atoms with van der Waals surface area (Å²) in [4.78, 5) is 0. The lowest BCUT2D eigenvalue weighted by Crippen LogP contribution is -2.26. The SMILES string of the molecule is [B](c1ccccc1)c1ccc2c3ccccc3c3ccccc3c2c1. The summed E-state index contributed by atoms with van der Waals surface area (Å²) in [6.45, 7) is 0. The fourth-order valence-corrected chi connectivity index (χ4v) is 3.76. The van der Waals surface area contributed by atoms with Crippen LogP contribution in [0, 0.1) is 0 Å². The summed E-state index contributed by atoms with van der Waals surface area (Å²) in [6.07, 6.45) is 0. The topological polar surface area (TPSA) is 0 Å². The van der Waals surface area contributed by atoms with Crippen LogP contribution in [0.5, 0.6) is 0 Å². The third-order valence-corrected chi connectivity index (χ3v) is 4.90. The van der Waals surface area contributed by atoms with Gasteiger partial charge in [-0.25, -0.2) is 0 Å². The van der Waals surface area contributed by atoms with Gasteiger partial charge in [-0.3, -0.25) is 0 Å². The summed E-state index contributed by atoms with van der Waals surface area (Å²) in [5, 5.41) is 7.92. The lowest BCUT2D eigenvalue weighted by atomic mass is 9.63. The van der Waals surface area contributed by atoms with Crippen molar-refractivity contribution in [2.45, 2.75) is 0 Å². The van der Waals surface area contributed by atoms with Crippen LogP contribution in [0.1, 0.15) is 0 Å². The highest BCUT2D eigenvalue weighted by Gasteiger charge is 2.09. The minimum atomic E-state index is 1.23. The first-order chi connectivity index (χ1) is 12.4. The average molecular weight is 315 g/mol. The molecule has 1 heteroatoms. The predicted molar refractivity (Wildman–Crippen MR) is 110 cm³/mol. The lowest BCUT2D eigenvalue weighted by molar-refractivity contribution is 1.76. The zero-order valence-electron chi connectivity index (χ0n) is 13.8. The van der Waals surface area contributed by atoms with E-state index >= 15 is 0 Å². The van der Waals surface area contributed by atoms with Gasteiger partial charge in [0.05, 0.1) is 0 Å². The van der Waals surface area contributed by atoms with Gasteiger partial charge in [0.2, 0.25) is 0 Å². The van der Waals surface area contributed by atoms with Gasteiger partial charge in [0.25, 0.3) is 0 Å². The van der Waals surface area contributed by atoms with Crippen molar-refractivity contribution in [3.8, 4) is 0 Å². The molecule has 0 fully saturated rings. The maximum Gasteiger partial charge on any atom is 0.191 e.